The first kappa shape index (κ1) is 51.8. The maximum absolute atomic E-state index is 6.31. The molecular formula is C53H50Cl8O5. The van der Waals surface area contributed by atoms with E-state index in [0.717, 1.165) is 85.4 Å². The van der Waals surface area contributed by atoms with Crippen molar-refractivity contribution >= 4 is 92.8 Å². The van der Waals surface area contributed by atoms with Crippen LogP contribution in [0.15, 0.2) is 121 Å². The van der Waals surface area contributed by atoms with E-state index < -0.39 is 0 Å². The Balaban J connectivity index is 1.14. The minimum atomic E-state index is 0.286. The van der Waals surface area contributed by atoms with Gasteiger partial charge >= 0.3 is 0 Å². The van der Waals surface area contributed by atoms with E-state index in [0.29, 0.717) is 89.9 Å². The molecule has 0 radical (unpaired) electrons. The van der Waals surface area contributed by atoms with Gasteiger partial charge in [-0.3, -0.25) is 0 Å². The Morgan fingerprint density at radius 2 is 0.439 bits per heavy atom. The molecule has 0 atom stereocenters. The zero-order valence-electron chi connectivity index (χ0n) is 36.2. The maximum atomic E-state index is 6.31. The van der Waals surface area contributed by atoms with Crippen molar-refractivity contribution in [1.82, 2.24) is 0 Å². The van der Waals surface area contributed by atoms with E-state index >= 15 is 0 Å². The van der Waals surface area contributed by atoms with Gasteiger partial charge in [-0.05, 0) is 164 Å². The lowest BCUT2D eigenvalue weighted by Crippen LogP contribution is -2.03. The van der Waals surface area contributed by atoms with Crippen LogP contribution in [0.2, 0.25) is 0 Å². The number of benzene rings is 6. The molecule has 0 fully saturated rings. The normalized spacial score (nSPS) is 11.3. The molecule has 0 saturated carbocycles. The van der Waals surface area contributed by atoms with E-state index in [9.17, 15) is 0 Å². The summed E-state index contributed by atoms with van der Waals surface area (Å²) in [6, 6.07) is 36.0. The van der Waals surface area contributed by atoms with Gasteiger partial charge in [0.1, 0.15) is 61.8 Å². The molecule has 0 aromatic heterocycles. The fraction of sp³-hybridized carbons (Fsp3) is 0.283. The zero-order chi connectivity index (χ0) is 46.7. The number of rotatable bonds is 26. The second-order valence-corrected chi connectivity index (χ2v) is 17.8. The first-order valence-electron chi connectivity index (χ1n) is 21.2. The molecule has 0 bridgehead atoms. The van der Waals surface area contributed by atoms with Gasteiger partial charge in [-0.2, -0.15) is 0 Å². The summed E-state index contributed by atoms with van der Waals surface area (Å²) in [4.78, 5) is 0. The molecule has 0 spiro atoms. The van der Waals surface area contributed by atoms with Gasteiger partial charge in [0.2, 0.25) is 0 Å². The topological polar surface area (TPSA) is 46.2 Å². The predicted octanol–water partition coefficient (Wildman–Crippen LogP) is 16.1. The summed E-state index contributed by atoms with van der Waals surface area (Å²) in [6.07, 6.45) is 5.45. The van der Waals surface area contributed by atoms with Gasteiger partial charge in [-0.15, -0.1) is 92.8 Å². The van der Waals surface area contributed by atoms with Gasteiger partial charge in [0, 0.05) is 47.0 Å². The smallest absolute Gasteiger partial charge is 0.120 e. The molecule has 6 aromatic rings. The monoisotopic (exact) mass is 1050 g/mol. The average Bonchev–Trinajstić information content (AvgIpc) is 3.36. The van der Waals surface area contributed by atoms with Crippen molar-refractivity contribution in [3.63, 3.8) is 0 Å². The molecule has 0 aliphatic rings. The summed E-state index contributed by atoms with van der Waals surface area (Å²) >= 11 is 49.3. The first-order valence-corrected chi connectivity index (χ1v) is 25.5. The van der Waals surface area contributed by atoms with Crippen molar-refractivity contribution in [2.75, 3.05) is 13.2 Å². The predicted molar refractivity (Wildman–Crippen MR) is 276 cm³/mol. The first-order chi connectivity index (χ1) is 32.2. The van der Waals surface area contributed by atoms with Crippen molar-refractivity contribution in [2.24, 2.45) is 0 Å². The molecule has 0 saturated heterocycles. The fourth-order valence-electron chi connectivity index (χ4n) is 7.27. The highest BCUT2D eigenvalue weighted by molar-refractivity contribution is 6.19. The Morgan fingerprint density at radius 3 is 0.742 bits per heavy atom. The SMILES string of the molecule is ClCc1cc(CCl)cc(CCc2cc(COc3cc(CCl)cc(CCl)c3)cc(OCC=CCOc3cc(COc4cc(CCl)cc(CCl)c4)cc(COc4cc(CCl)cc(CCl)c4)c3)c2)c1. The third-order valence-electron chi connectivity index (χ3n) is 10.3. The number of aryl methyl sites for hydroxylation is 2. The molecule has 13 heteroatoms. The van der Waals surface area contributed by atoms with Gasteiger partial charge in [0.25, 0.3) is 0 Å². The van der Waals surface area contributed by atoms with Crippen LogP contribution in [0.4, 0.5) is 0 Å². The van der Waals surface area contributed by atoms with Crippen LogP contribution in [0, 0.1) is 0 Å². The Hall–Kier alpha value is -3.62. The molecule has 0 N–H and O–H groups in total. The minimum Gasteiger partial charge on any atom is -0.490 e. The van der Waals surface area contributed by atoms with Crippen LogP contribution in [0.3, 0.4) is 0 Å². The molecule has 348 valence electrons. The van der Waals surface area contributed by atoms with Gasteiger partial charge in [-0.1, -0.05) is 42.5 Å². The van der Waals surface area contributed by atoms with Gasteiger partial charge < -0.3 is 23.7 Å². The molecule has 6 rings (SSSR count). The van der Waals surface area contributed by atoms with E-state index in [2.05, 4.69) is 24.3 Å². The average molecular weight is 1050 g/mol. The second kappa shape index (κ2) is 27.4. The third kappa shape index (κ3) is 16.6. The number of alkyl halides is 8. The van der Waals surface area contributed by atoms with Crippen molar-refractivity contribution in [3.05, 3.63) is 194 Å². The molecule has 0 amide bonds. The Labute approximate surface area is 428 Å². The largest absolute Gasteiger partial charge is 0.490 e. The van der Waals surface area contributed by atoms with Gasteiger partial charge in [0.15, 0.2) is 0 Å². The standard InChI is InChI=1S/C53H50Cl8O5/c54-25-38-7-36(8-39(10-38)26-55)3-4-37-9-46(33-64-51-16-40(27-56)11-41(17-51)28-57)22-49(15-37)62-5-1-2-6-63-50-23-47(34-65-52-18-42(29-58)12-43(19-52)30-59)14-48(24-50)35-66-53-20-44(31-60)13-45(21-53)32-61/h1-2,7-24H,3-6,25-35H2. The van der Waals surface area contributed by atoms with E-state index in [1.54, 1.807) is 0 Å². The molecule has 5 nitrogen and oxygen atoms in total. The Kier molecular flexibility index (Phi) is 21.5. The highest BCUT2D eigenvalue weighted by Gasteiger charge is 2.11. The molecule has 66 heavy (non-hydrogen) atoms. The number of halogens is 8. The van der Waals surface area contributed by atoms with Crippen LogP contribution in [-0.2, 0) is 79.7 Å². The van der Waals surface area contributed by atoms with E-state index in [-0.39, 0.29) is 13.2 Å². The maximum Gasteiger partial charge on any atom is 0.120 e. The van der Waals surface area contributed by atoms with Crippen molar-refractivity contribution in [2.45, 2.75) is 79.7 Å². The van der Waals surface area contributed by atoms with Crippen LogP contribution < -0.4 is 23.7 Å². The molecular weight excluding hydrogens is 1000 g/mol. The lowest BCUT2D eigenvalue weighted by atomic mass is 9.99. The highest BCUT2D eigenvalue weighted by atomic mass is 35.5. The lowest BCUT2D eigenvalue weighted by Gasteiger charge is -2.14. The van der Waals surface area contributed by atoms with Crippen LogP contribution in [0.25, 0.3) is 0 Å². The molecule has 0 aliphatic heterocycles. The summed E-state index contributed by atoms with van der Waals surface area (Å²) in [5.74, 6) is 6.47. The van der Waals surface area contributed by atoms with Crippen molar-refractivity contribution in [1.29, 1.82) is 0 Å². The fourth-order valence-corrected chi connectivity index (χ4v) is 8.50. The summed E-state index contributed by atoms with van der Waals surface area (Å²) in [5, 5.41) is 0. The Morgan fingerprint density at radius 1 is 0.242 bits per heavy atom. The molecule has 0 unspecified atom stereocenters. The summed E-state index contributed by atoms with van der Waals surface area (Å²) < 4.78 is 31.3. The van der Waals surface area contributed by atoms with Gasteiger partial charge in [0.05, 0.1) is 0 Å². The molecule has 6 aromatic carbocycles. The highest BCUT2D eigenvalue weighted by Crippen LogP contribution is 2.28. The van der Waals surface area contributed by atoms with Crippen LogP contribution in [-0.4, -0.2) is 13.2 Å². The number of ether oxygens (including phenoxy) is 5. The molecule has 0 aliphatic carbocycles. The van der Waals surface area contributed by atoms with Crippen LogP contribution in [0.1, 0.15) is 72.3 Å². The second-order valence-electron chi connectivity index (χ2n) is 15.6. The van der Waals surface area contributed by atoms with Crippen LogP contribution >= 0.6 is 92.8 Å². The third-order valence-corrected chi connectivity index (χ3v) is 12.7. The van der Waals surface area contributed by atoms with E-state index in [1.807, 2.05) is 97.1 Å². The lowest BCUT2D eigenvalue weighted by molar-refractivity contribution is 0.296. The van der Waals surface area contributed by atoms with Crippen molar-refractivity contribution < 1.29 is 23.7 Å². The van der Waals surface area contributed by atoms with E-state index in [1.165, 1.54) is 5.56 Å². The quantitative estimate of drug-likeness (QED) is 0.0400. The van der Waals surface area contributed by atoms with E-state index in [4.69, 9.17) is 116 Å². The Bertz CT molecular complexity index is 2110. The zero-order valence-corrected chi connectivity index (χ0v) is 42.3. The van der Waals surface area contributed by atoms with Gasteiger partial charge in [-0.25, -0.2) is 0 Å². The minimum absolute atomic E-state index is 0.286. The van der Waals surface area contributed by atoms with Crippen LogP contribution in [0.5, 0.6) is 28.7 Å². The molecule has 0 heterocycles. The number of hydrogen-bond acceptors (Lipinski definition) is 5. The summed E-state index contributed by atoms with van der Waals surface area (Å²) in [5.41, 5.74) is 12.8. The summed E-state index contributed by atoms with van der Waals surface area (Å²) in [7, 11) is 0. The summed E-state index contributed by atoms with van der Waals surface area (Å²) in [6.45, 7) is 1.53. The number of hydrogen-bond donors (Lipinski definition) is 0. The van der Waals surface area contributed by atoms with Crippen molar-refractivity contribution in [3.8, 4) is 28.7 Å².